The van der Waals surface area contributed by atoms with E-state index < -0.39 is 0 Å². The van der Waals surface area contributed by atoms with E-state index in [2.05, 4.69) is 21.3 Å². The van der Waals surface area contributed by atoms with Crippen molar-refractivity contribution in [2.45, 2.75) is 23.2 Å². The van der Waals surface area contributed by atoms with Gasteiger partial charge in [-0.2, -0.15) is 5.26 Å². The van der Waals surface area contributed by atoms with Crippen LogP contribution in [0.3, 0.4) is 0 Å². The second-order valence-corrected chi connectivity index (χ2v) is 5.25. The second kappa shape index (κ2) is 4.60. The highest BCUT2D eigenvalue weighted by Crippen LogP contribution is 2.30. The molecule has 0 aliphatic heterocycles. The number of rotatable bonds is 2. The average Bonchev–Trinajstić information content (AvgIpc) is 2.70. The molecule has 0 aliphatic rings. The zero-order valence-corrected chi connectivity index (χ0v) is 10.4. The molecule has 0 radical (unpaired) electrons. The zero-order chi connectivity index (χ0) is 11.5. The number of hydrogen-bond acceptors (Lipinski definition) is 6. The zero-order valence-electron chi connectivity index (χ0n) is 8.76. The van der Waals surface area contributed by atoms with Crippen LogP contribution in [0.1, 0.15) is 16.8 Å². The van der Waals surface area contributed by atoms with Crippen molar-refractivity contribution in [3.05, 3.63) is 28.4 Å². The molecular weight excluding hydrogens is 240 g/mol. The van der Waals surface area contributed by atoms with Gasteiger partial charge in [-0.25, -0.2) is 4.98 Å². The monoisotopic (exact) mass is 248 g/mol. The highest BCUT2D eigenvalue weighted by Gasteiger charge is 2.11. The fraction of sp³-hybridized carbons (Fsp3) is 0.200. The number of hydrogen-bond donors (Lipinski definition) is 0. The van der Waals surface area contributed by atoms with E-state index >= 15 is 0 Å². The number of aromatic nitrogens is 3. The molecule has 6 heteroatoms. The van der Waals surface area contributed by atoms with Gasteiger partial charge in [0.05, 0.1) is 5.56 Å². The van der Waals surface area contributed by atoms with Crippen LogP contribution >= 0.6 is 23.1 Å². The average molecular weight is 248 g/mol. The Morgan fingerprint density at radius 3 is 2.88 bits per heavy atom. The van der Waals surface area contributed by atoms with E-state index in [4.69, 9.17) is 5.26 Å². The smallest absolute Gasteiger partial charge is 0.180 e. The van der Waals surface area contributed by atoms with Crippen molar-refractivity contribution in [1.29, 1.82) is 5.26 Å². The highest BCUT2D eigenvalue weighted by molar-refractivity contribution is 8.01. The quantitative estimate of drug-likeness (QED) is 0.817. The summed E-state index contributed by atoms with van der Waals surface area (Å²) in [5.41, 5.74) is 4.13. The molecule has 4 nitrogen and oxygen atoms in total. The summed E-state index contributed by atoms with van der Waals surface area (Å²) in [5.74, 6) is 0. The Bertz CT molecular complexity index is 543. The van der Waals surface area contributed by atoms with E-state index in [1.807, 2.05) is 19.9 Å². The van der Waals surface area contributed by atoms with Crippen molar-refractivity contribution >= 4 is 23.1 Å². The SMILES string of the molecule is Cc1cc(C)c(C#N)c(Sc2nncs2)n1. The normalized spacial score (nSPS) is 10.1. The predicted octanol–water partition coefficient (Wildman–Crippen LogP) is 2.57. The van der Waals surface area contributed by atoms with Crippen LogP contribution < -0.4 is 0 Å². The molecule has 0 saturated carbocycles. The molecule has 0 saturated heterocycles. The Hall–Kier alpha value is -1.45. The minimum Gasteiger partial charge on any atom is -0.245 e. The van der Waals surface area contributed by atoms with Crippen molar-refractivity contribution in [2.75, 3.05) is 0 Å². The summed E-state index contributed by atoms with van der Waals surface area (Å²) in [4.78, 5) is 4.36. The molecule has 0 atom stereocenters. The number of nitriles is 1. The lowest BCUT2D eigenvalue weighted by atomic mass is 10.1. The van der Waals surface area contributed by atoms with Gasteiger partial charge in [0.25, 0.3) is 0 Å². The number of nitrogens with zero attached hydrogens (tertiary/aromatic N) is 4. The maximum absolute atomic E-state index is 9.08. The van der Waals surface area contributed by atoms with Crippen LogP contribution in [0.5, 0.6) is 0 Å². The van der Waals surface area contributed by atoms with Gasteiger partial charge < -0.3 is 0 Å². The fourth-order valence-corrected chi connectivity index (χ4v) is 2.89. The summed E-state index contributed by atoms with van der Waals surface area (Å²) in [6, 6.07) is 4.08. The molecule has 0 aromatic carbocycles. The summed E-state index contributed by atoms with van der Waals surface area (Å²) < 4.78 is 0.800. The van der Waals surface area contributed by atoms with Crippen molar-refractivity contribution in [2.24, 2.45) is 0 Å². The van der Waals surface area contributed by atoms with Gasteiger partial charge in [0.15, 0.2) is 4.34 Å². The van der Waals surface area contributed by atoms with Gasteiger partial charge in [-0.3, -0.25) is 0 Å². The van der Waals surface area contributed by atoms with Crippen LogP contribution in [0, 0.1) is 25.2 Å². The van der Waals surface area contributed by atoms with Gasteiger partial charge in [-0.15, -0.1) is 10.2 Å². The van der Waals surface area contributed by atoms with Gasteiger partial charge in [0.2, 0.25) is 0 Å². The van der Waals surface area contributed by atoms with E-state index in [0.717, 1.165) is 15.6 Å². The summed E-state index contributed by atoms with van der Waals surface area (Å²) in [7, 11) is 0. The molecule has 2 rings (SSSR count). The number of aryl methyl sites for hydroxylation is 2. The largest absolute Gasteiger partial charge is 0.245 e. The molecular formula is C10H8N4S2. The van der Waals surface area contributed by atoms with E-state index in [0.29, 0.717) is 10.6 Å². The third-order valence-electron chi connectivity index (χ3n) is 1.95. The molecule has 0 unspecified atom stereocenters. The Balaban J connectivity index is 2.44. The van der Waals surface area contributed by atoms with Gasteiger partial charge >= 0.3 is 0 Å². The van der Waals surface area contributed by atoms with Crippen molar-refractivity contribution < 1.29 is 0 Å². The molecule has 0 spiro atoms. The molecule has 2 aromatic rings. The molecule has 2 aromatic heterocycles. The Morgan fingerprint density at radius 2 is 2.25 bits per heavy atom. The maximum Gasteiger partial charge on any atom is 0.180 e. The van der Waals surface area contributed by atoms with E-state index in [-0.39, 0.29) is 0 Å². The third kappa shape index (κ3) is 2.21. The van der Waals surface area contributed by atoms with E-state index in [1.165, 1.54) is 23.1 Å². The summed E-state index contributed by atoms with van der Waals surface area (Å²) in [6.45, 7) is 3.83. The first-order valence-electron chi connectivity index (χ1n) is 4.53. The van der Waals surface area contributed by atoms with Crippen molar-refractivity contribution in [3.63, 3.8) is 0 Å². The molecule has 16 heavy (non-hydrogen) atoms. The summed E-state index contributed by atoms with van der Waals surface area (Å²) in [6.07, 6.45) is 0. The molecule has 0 aliphatic carbocycles. The second-order valence-electron chi connectivity index (χ2n) is 3.18. The van der Waals surface area contributed by atoms with Gasteiger partial charge in [-0.05, 0) is 37.2 Å². The summed E-state index contributed by atoms with van der Waals surface area (Å²) >= 11 is 2.83. The molecule has 0 fully saturated rings. The standard InChI is InChI=1S/C10H8N4S2/c1-6-3-7(2)13-9(8(6)4-11)16-10-14-12-5-15-10/h3,5H,1-2H3. The van der Waals surface area contributed by atoms with Gasteiger partial charge in [-0.1, -0.05) is 11.3 Å². The predicted molar refractivity (Wildman–Crippen MR) is 62.5 cm³/mol. The minimum atomic E-state index is 0.616. The van der Waals surface area contributed by atoms with E-state index in [1.54, 1.807) is 5.51 Å². The first-order chi connectivity index (χ1) is 7.70. The van der Waals surface area contributed by atoms with Gasteiger partial charge in [0, 0.05) is 5.69 Å². The maximum atomic E-state index is 9.08. The van der Waals surface area contributed by atoms with Crippen LogP contribution in [0.2, 0.25) is 0 Å². The number of pyridine rings is 1. The topological polar surface area (TPSA) is 62.5 Å². The van der Waals surface area contributed by atoms with Crippen LogP contribution in [0.15, 0.2) is 20.9 Å². The van der Waals surface area contributed by atoms with Crippen LogP contribution in [0.4, 0.5) is 0 Å². The van der Waals surface area contributed by atoms with Crippen LogP contribution in [-0.4, -0.2) is 15.2 Å². The first kappa shape index (κ1) is 11.0. The lowest BCUT2D eigenvalue weighted by molar-refractivity contribution is 0.993. The van der Waals surface area contributed by atoms with E-state index in [9.17, 15) is 0 Å². The van der Waals surface area contributed by atoms with Crippen molar-refractivity contribution in [3.8, 4) is 6.07 Å². The summed E-state index contributed by atoms with van der Waals surface area (Å²) in [5, 5.41) is 17.5. The molecule has 0 bridgehead atoms. The molecule has 80 valence electrons. The minimum absolute atomic E-state index is 0.616. The lowest BCUT2D eigenvalue weighted by Crippen LogP contribution is -1.93. The third-order valence-corrected chi connectivity index (χ3v) is 3.71. The van der Waals surface area contributed by atoms with Crippen LogP contribution in [-0.2, 0) is 0 Å². The Morgan fingerprint density at radius 1 is 1.44 bits per heavy atom. The molecule has 0 N–H and O–H groups in total. The Labute approximate surface area is 101 Å². The first-order valence-corrected chi connectivity index (χ1v) is 6.22. The van der Waals surface area contributed by atoms with Gasteiger partial charge in [0.1, 0.15) is 16.6 Å². The molecule has 0 amide bonds. The molecule has 2 heterocycles. The highest BCUT2D eigenvalue weighted by atomic mass is 32.2. The fourth-order valence-electron chi connectivity index (χ4n) is 1.30. The van der Waals surface area contributed by atoms with Crippen LogP contribution in [0.25, 0.3) is 0 Å². The Kier molecular flexibility index (Phi) is 3.17. The lowest BCUT2D eigenvalue weighted by Gasteiger charge is -2.04. The van der Waals surface area contributed by atoms with Crippen molar-refractivity contribution in [1.82, 2.24) is 15.2 Å².